The molecule has 0 amide bonds. The second-order valence-corrected chi connectivity index (χ2v) is 6.83. The minimum absolute atomic E-state index is 0.224. The Kier molecular flexibility index (Phi) is 4.54. The molecule has 0 unspecified atom stereocenters. The molecule has 0 saturated heterocycles. The van der Waals surface area contributed by atoms with Crippen LogP contribution in [0, 0.1) is 0 Å². The number of pyridine rings is 2. The van der Waals surface area contributed by atoms with Gasteiger partial charge in [0, 0.05) is 27.8 Å². The van der Waals surface area contributed by atoms with E-state index in [9.17, 15) is 5.11 Å². The lowest BCUT2D eigenvalue weighted by Crippen LogP contribution is -2.14. The molecule has 4 aromatic rings. The number of halogens is 1. The smallest absolute Gasteiger partial charge is 0.126 e. The third kappa shape index (κ3) is 3.26. The number of aromatic nitrogens is 2. The van der Waals surface area contributed by atoms with Gasteiger partial charge in [-0.05, 0) is 48.0 Å². The van der Waals surface area contributed by atoms with Crippen LogP contribution in [0.4, 0.5) is 5.82 Å². The molecule has 0 saturated carbocycles. The van der Waals surface area contributed by atoms with E-state index in [-0.39, 0.29) is 11.8 Å². The molecule has 0 aliphatic rings. The van der Waals surface area contributed by atoms with Crippen LogP contribution in [0.25, 0.3) is 10.9 Å². The third-order valence-corrected chi connectivity index (χ3v) is 4.78. The number of benzene rings is 2. The predicted octanol–water partition coefficient (Wildman–Crippen LogP) is 5.30. The molecule has 0 radical (unpaired) electrons. The van der Waals surface area contributed by atoms with Crippen molar-refractivity contribution in [1.29, 1.82) is 0 Å². The number of phenolic OH excluding ortho intramolecular Hbond substituents is 1. The molecule has 2 aromatic heterocycles. The molecule has 2 aromatic carbocycles. The van der Waals surface area contributed by atoms with Crippen LogP contribution in [-0.2, 0) is 0 Å². The monoisotopic (exact) mass is 405 g/mol. The third-order valence-electron chi connectivity index (χ3n) is 4.25. The van der Waals surface area contributed by atoms with Crippen molar-refractivity contribution in [3.63, 3.8) is 0 Å². The number of phenols is 1. The normalized spacial score (nSPS) is 12.0. The van der Waals surface area contributed by atoms with Gasteiger partial charge < -0.3 is 10.4 Å². The molecular formula is C21H16BrN3O. The first-order valence-corrected chi connectivity index (χ1v) is 9.01. The number of aromatic hydroxyl groups is 1. The van der Waals surface area contributed by atoms with E-state index in [1.54, 1.807) is 18.5 Å². The molecule has 2 heterocycles. The summed E-state index contributed by atoms with van der Waals surface area (Å²) in [6.45, 7) is 0. The summed E-state index contributed by atoms with van der Waals surface area (Å²) >= 11 is 3.48. The number of nitrogens with zero attached hydrogens (tertiary/aromatic N) is 2. The first kappa shape index (κ1) is 16.5. The minimum atomic E-state index is -0.272. The summed E-state index contributed by atoms with van der Waals surface area (Å²) < 4.78 is 1.00. The second-order valence-electron chi connectivity index (χ2n) is 5.91. The summed E-state index contributed by atoms with van der Waals surface area (Å²) in [5, 5.41) is 15.0. The number of anilines is 1. The van der Waals surface area contributed by atoms with Crippen LogP contribution in [0.5, 0.6) is 5.75 Å². The van der Waals surface area contributed by atoms with Gasteiger partial charge in [0.2, 0.25) is 0 Å². The first-order chi connectivity index (χ1) is 12.7. The van der Waals surface area contributed by atoms with Crippen molar-refractivity contribution >= 4 is 32.7 Å². The number of hydrogen-bond acceptors (Lipinski definition) is 4. The fraction of sp³-hybridized carbons (Fsp3) is 0.0476. The average molecular weight is 406 g/mol. The molecule has 4 nitrogen and oxygen atoms in total. The molecule has 0 spiro atoms. The van der Waals surface area contributed by atoms with E-state index in [2.05, 4.69) is 31.2 Å². The van der Waals surface area contributed by atoms with Gasteiger partial charge in [-0.15, -0.1) is 0 Å². The first-order valence-electron chi connectivity index (χ1n) is 8.22. The maximum atomic E-state index is 10.7. The van der Waals surface area contributed by atoms with Crippen molar-refractivity contribution in [1.82, 2.24) is 9.97 Å². The van der Waals surface area contributed by atoms with Crippen molar-refractivity contribution < 1.29 is 5.11 Å². The van der Waals surface area contributed by atoms with Crippen LogP contribution in [0.2, 0.25) is 0 Å². The zero-order valence-electron chi connectivity index (χ0n) is 13.8. The van der Waals surface area contributed by atoms with E-state index in [4.69, 9.17) is 0 Å². The van der Waals surface area contributed by atoms with Gasteiger partial charge in [0.25, 0.3) is 0 Å². The Balaban J connectivity index is 1.91. The quantitative estimate of drug-likeness (QED) is 0.483. The second kappa shape index (κ2) is 7.14. The van der Waals surface area contributed by atoms with Gasteiger partial charge >= 0.3 is 0 Å². The fourth-order valence-electron chi connectivity index (χ4n) is 3.04. The van der Waals surface area contributed by atoms with E-state index in [0.717, 1.165) is 32.3 Å². The van der Waals surface area contributed by atoms with E-state index in [1.165, 1.54) is 0 Å². The predicted molar refractivity (Wildman–Crippen MR) is 107 cm³/mol. The molecule has 5 heteroatoms. The SMILES string of the molecule is Oc1ccc2ncccc2c1[C@@H](Nc1ccccn1)c1ccc(Br)cc1. The zero-order chi connectivity index (χ0) is 17.9. The zero-order valence-corrected chi connectivity index (χ0v) is 15.4. The number of rotatable bonds is 4. The Bertz CT molecular complexity index is 1040. The lowest BCUT2D eigenvalue weighted by atomic mass is 9.94. The molecule has 26 heavy (non-hydrogen) atoms. The highest BCUT2D eigenvalue weighted by Crippen LogP contribution is 2.37. The number of fused-ring (bicyclic) bond motifs is 1. The Labute approximate surface area is 159 Å². The Hall–Kier alpha value is -2.92. The Morgan fingerprint density at radius 1 is 0.846 bits per heavy atom. The van der Waals surface area contributed by atoms with Gasteiger partial charge in [-0.25, -0.2) is 4.98 Å². The van der Waals surface area contributed by atoms with Gasteiger partial charge in [0.05, 0.1) is 11.6 Å². The van der Waals surface area contributed by atoms with Crippen LogP contribution in [0.3, 0.4) is 0 Å². The summed E-state index contributed by atoms with van der Waals surface area (Å²) in [7, 11) is 0. The van der Waals surface area contributed by atoms with Gasteiger partial charge in [-0.1, -0.05) is 40.2 Å². The van der Waals surface area contributed by atoms with Crippen molar-refractivity contribution in [2.45, 2.75) is 6.04 Å². The van der Waals surface area contributed by atoms with Crippen LogP contribution in [0.15, 0.2) is 83.6 Å². The molecule has 2 N–H and O–H groups in total. The molecule has 0 aliphatic carbocycles. The topological polar surface area (TPSA) is 58.0 Å². The summed E-state index contributed by atoms with van der Waals surface area (Å²) in [5.41, 5.74) is 2.64. The van der Waals surface area contributed by atoms with Crippen LogP contribution < -0.4 is 5.32 Å². The maximum Gasteiger partial charge on any atom is 0.126 e. The Morgan fingerprint density at radius 2 is 1.65 bits per heavy atom. The van der Waals surface area contributed by atoms with Gasteiger partial charge in [0.1, 0.15) is 11.6 Å². The highest BCUT2D eigenvalue weighted by Gasteiger charge is 2.21. The average Bonchev–Trinajstić information content (AvgIpc) is 2.68. The van der Waals surface area contributed by atoms with E-state index >= 15 is 0 Å². The summed E-state index contributed by atoms with van der Waals surface area (Å²) in [5.74, 6) is 0.961. The molecular weight excluding hydrogens is 390 g/mol. The molecule has 0 fully saturated rings. The van der Waals surface area contributed by atoms with Crippen LogP contribution >= 0.6 is 15.9 Å². The Morgan fingerprint density at radius 3 is 2.42 bits per heavy atom. The van der Waals surface area contributed by atoms with Crippen molar-refractivity contribution in [2.24, 2.45) is 0 Å². The lowest BCUT2D eigenvalue weighted by molar-refractivity contribution is 0.468. The van der Waals surface area contributed by atoms with Crippen molar-refractivity contribution in [2.75, 3.05) is 5.32 Å². The van der Waals surface area contributed by atoms with E-state index in [1.807, 2.05) is 60.7 Å². The van der Waals surface area contributed by atoms with Gasteiger partial charge in [-0.3, -0.25) is 4.98 Å². The highest BCUT2D eigenvalue weighted by molar-refractivity contribution is 9.10. The maximum absolute atomic E-state index is 10.7. The summed E-state index contributed by atoms with van der Waals surface area (Å²) in [4.78, 5) is 8.80. The van der Waals surface area contributed by atoms with Crippen LogP contribution in [0.1, 0.15) is 17.2 Å². The molecule has 0 aliphatic heterocycles. The molecule has 1 atom stereocenters. The summed E-state index contributed by atoms with van der Waals surface area (Å²) in [6.07, 6.45) is 3.50. The van der Waals surface area contributed by atoms with Crippen molar-refractivity contribution in [3.8, 4) is 5.75 Å². The van der Waals surface area contributed by atoms with Crippen LogP contribution in [-0.4, -0.2) is 15.1 Å². The lowest BCUT2D eigenvalue weighted by Gasteiger charge is -2.23. The van der Waals surface area contributed by atoms with E-state index < -0.39 is 0 Å². The molecule has 128 valence electrons. The number of hydrogen-bond donors (Lipinski definition) is 2. The minimum Gasteiger partial charge on any atom is -0.508 e. The fourth-order valence-corrected chi connectivity index (χ4v) is 3.30. The molecule has 4 rings (SSSR count). The summed E-state index contributed by atoms with van der Waals surface area (Å²) in [6, 6.07) is 20.8. The van der Waals surface area contributed by atoms with Crippen molar-refractivity contribution in [3.05, 3.63) is 94.7 Å². The van der Waals surface area contributed by atoms with E-state index in [0.29, 0.717) is 0 Å². The molecule has 0 bridgehead atoms. The largest absolute Gasteiger partial charge is 0.508 e. The van der Waals surface area contributed by atoms with Gasteiger partial charge in [-0.2, -0.15) is 0 Å². The standard InChI is InChI=1S/C21H16BrN3O/c22-15-8-6-14(7-9-15)21(25-19-5-1-2-12-24-19)20-16-4-3-13-23-17(16)10-11-18(20)26/h1-13,21,26H,(H,24,25)/t21-/m0/s1. The highest BCUT2D eigenvalue weighted by atomic mass is 79.9. The van der Waals surface area contributed by atoms with Gasteiger partial charge in [0.15, 0.2) is 0 Å². The number of nitrogens with one attached hydrogen (secondary N) is 1.